The van der Waals surface area contributed by atoms with Crippen molar-refractivity contribution in [3.8, 4) is 5.75 Å². The molecule has 0 heterocycles. The fourth-order valence-electron chi connectivity index (χ4n) is 2.75. The molecule has 2 heteroatoms. The molecule has 1 aliphatic rings. The molecule has 1 aromatic rings. The highest BCUT2D eigenvalue weighted by atomic mass is 16.7. The number of hydrogen-bond acceptors (Lipinski definition) is 2. The van der Waals surface area contributed by atoms with Crippen molar-refractivity contribution in [3.63, 3.8) is 0 Å². The minimum absolute atomic E-state index is 0.393. The molecule has 0 N–H and O–H groups in total. The van der Waals surface area contributed by atoms with Crippen molar-refractivity contribution >= 4 is 0 Å². The Bertz CT molecular complexity index is 377. The Balaban J connectivity index is 2.05. The Morgan fingerprint density at radius 2 is 1.74 bits per heavy atom. The summed E-state index contributed by atoms with van der Waals surface area (Å²) in [4.78, 5) is 0. The first kappa shape index (κ1) is 14.4. The van der Waals surface area contributed by atoms with Crippen molar-refractivity contribution < 1.29 is 9.47 Å². The lowest BCUT2D eigenvalue weighted by atomic mass is 9.94. The Morgan fingerprint density at radius 3 is 2.26 bits per heavy atom. The van der Waals surface area contributed by atoms with Gasteiger partial charge in [0, 0.05) is 20.0 Å². The molecule has 0 amide bonds. The molecule has 0 aliphatic heterocycles. The van der Waals surface area contributed by atoms with Gasteiger partial charge in [0.15, 0.2) is 0 Å². The van der Waals surface area contributed by atoms with Crippen molar-refractivity contribution in [1.29, 1.82) is 0 Å². The highest BCUT2D eigenvalue weighted by Gasteiger charge is 2.34. The summed E-state index contributed by atoms with van der Waals surface area (Å²) in [5.74, 6) is 1.15. The van der Waals surface area contributed by atoms with E-state index in [-0.39, 0.29) is 0 Å². The Kier molecular flexibility index (Phi) is 4.87. The molecule has 2 nitrogen and oxygen atoms in total. The Labute approximate surface area is 117 Å². The van der Waals surface area contributed by atoms with Crippen LogP contribution in [0.2, 0.25) is 0 Å². The first-order chi connectivity index (χ1) is 9.19. The van der Waals surface area contributed by atoms with Crippen LogP contribution in [0.4, 0.5) is 0 Å². The van der Waals surface area contributed by atoms with E-state index in [9.17, 15) is 0 Å². The van der Waals surface area contributed by atoms with E-state index < -0.39 is 5.79 Å². The van der Waals surface area contributed by atoms with Gasteiger partial charge in [0.1, 0.15) is 5.75 Å². The average Bonchev–Trinajstić information content (AvgIpc) is 2.48. The summed E-state index contributed by atoms with van der Waals surface area (Å²) in [7, 11) is 1.76. The molecule has 0 spiro atoms. The van der Waals surface area contributed by atoms with Gasteiger partial charge in [-0.15, -0.1) is 0 Å². The molecule has 2 rings (SSSR count). The second-order valence-electron chi connectivity index (χ2n) is 5.66. The molecule has 0 aromatic heterocycles. The molecular weight excluding hydrogens is 236 g/mol. The van der Waals surface area contributed by atoms with Gasteiger partial charge >= 0.3 is 0 Å². The highest BCUT2D eigenvalue weighted by molar-refractivity contribution is 5.29. The van der Waals surface area contributed by atoms with Crippen molar-refractivity contribution in [2.45, 2.75) is 64.1 Å². The largest absolute Gasteiger partial charge is 0.462 e. The van der Waals surface area contributed by atoms with E-state index >= 15 is 0 Å². The number of hydrogen-bond donors (Lipinski definition) is 0. The van der Waals surface area contributed by atoms with Crippen LogP contribution < -0.4 is 4.74 Å². The smallest absolute Gasteiger partial charge is 0.210 e. The number of rotatable bonds is 5. The summed E-state index contributed by atoms with van der Waals surface area (Å²) in [5.41, 5.74) is 1.38. The summed E-state index contributed by atoms with van der Waals surface area (Å²) in [6, 6.07) is 8.51. The predicted molar refractivity (Wildman–Crippen MR) is 78.6 cm³/mol. The lowest BCUT2D eigenvalue weighted by Crippen LogP contribution is -2.40. The quantitative estimate of drug-likeness (QED) is 0.704. The lowest BCUT2D eigenvalue weighted by molar-refractivity contribution is -0.182. The normalized spacial score (nSPS) is 19.9. The number of methoxy groups -OCH3 is 1. The Hall–Kier alpha value is -1.02. The molecule has 1 atom stereocenters. The number of benzene rings is 1. The van der Waals surface area contributed by atoms with E-state index in [1.54, 1.807) is 7.11 Å². The summed E-state index contributed by atoms with van der Waals surface area (Å²) in [6.07, 6.45) is 6.84. The van der Waals surface area contributed by atoms with Crippen molar-refractivity contribution in [1.82, 2.24) is 0 Å². The predicted octanol–water partition coefficient (Wildman–Crippen LogP) is 4.89. The van der Waals surface area contributed by atoms with Crippen LogP contribution in [-0.2, 0) is 4.74 Å². The van der Waals surface area contributed by atoms with Crippen LogP contribution in [-0.4, -0.2) is 12.9 Å². The maximum absolute atomic E-state index is 6.14. The van der Waals surface area contributed by atoms with E-state index in [1.807, 2.05) is 0 Å². The second-order valence-corrected chi connectivity index (χ2v) is 5.66. The third-order valence-electron chi connectivity index (χ3n) is 4.35. The van der Waals surface area contributed by atoms with E-state index in [0.29, 0.717) is 5.92 Å². The van der Waals surface area contributed by atoms with Crippen LogP contribution >= 0.6 is 0 Å². The van der Waals surface area contributed by atoms with Gasteiger partial charge in [-0.1, -0.05) is 32.4 Å². The maximum atomic E-state index is 6.14. The SMILES string of the molecule is CCC(C)c1ccc(OC2(OC)CCCCC2)cc1. The summed E-state index contributed by atoms with van der Waals surface area (Å²) >= 11 is 0. The van der Waals surface area contributed by atoms with Gasteiger partial charge in [0.05, 0.1) is 0 Å². The van der Waals surface area contributed by atoms with Gasteiger partial charge < -0.3 is 9.47 Å². The first-order valence-electron chi connectivity index (χ1n) is 7.53. The fraction of sp³-hybridized carbons (Fsp3) is 0.647. The van der Waals surface area contributed by atoms with E-state index in [4.69, 9.17) is 9.47 Å². The van der Waals surface area contributed by atoms with Crippen LogP contribution in [0.3, 0.4) is 0 Å². The Morgan fingerprint density at radius 1 is 1.11 bits per heavy atom. The van der Waals surface area contributed by atoms with Gasteiger partial charge in [0.2, 0.25) is 5.79 Å². The minimum atomic E-state index is -0.393. The molecule has 1 fully saturated rings. The number of ether oxygens (including phenoxy) is 2. The molecule has 0 saturated heterocycles. The van der Waals surface area contributed by atoms with Gasteiger partial charge in [-0.3, -0.25) is 0 Å². The van der Waals surface area contributed by atoms with Gasteiger partial charge in [0.25, 0.3) is 0 Å². The van der Waals surface area contributed by atoms with E-state index in [1.165, 1.54) is 31.2 Å². The molecule has 1 aliphatic carbocycles. The summed E-state index contributed by atoms with van der Waals surface area (Å²) in [5, 5.41) is 0. The third kappa shape index (κ3) is 3.50. The van der Waals surface area contributed by atoms with Crippen molar-refractivity contribution in [2.75, 3.05) is 7.11 Å². The van der Waals surface area contributed by atoms with E-state index in [2.05, 4.69) is 38.1 Å². The molecule has 1 aromatic carbocycles. The van der Waals surface area contributed by atoms with Gasteiger partial charge in [-0.05, 0) is 42.9 Å². The van der Waals surface area contributed by atoms with Crippen LogP contribution in [0.25, 0.3) is 0 Å². The molecule has 19 heavy (non-hydrogen) atoms. The molecule has 1 unspecified atom stereocenters. The second kappa shape index (κ2) is 6.42. The molecule has 106 valence electrons. The zero-order valence-corrected chi connectivity index (χ0v) is 12.4. The maximum Gasteiger partial charge on any atom is 0.210 e. The summed E-state index contributed by atoms with van der Waals surface area (Å²) in [6.45, 7) is 4.48. The van der Waals surface area contributed by atoms with Gasteiger partial charge in [-0.2, -0.15) is 0 Å². The van der Waals surface area contributed by atoms with Crippen molar-refractivity contribution in [2.24, 2.45) is 0 Å². The highest BCUT2D eigenvalue weighted by Crippen LogP contribution is 2.34. The average molecular weight is 262 g/mol. The standard InChI is InChI=1S/C17H26O2/c1-4-14(2)15-8-10-16(11-9-15)19-17(18-3)12-6-5-7-13-17/h8-11,14H,4-7,12-13H2,1-3H3. The fourth-order valence-corrected chi connectivity index (χ4v) is 2.75. The zero-order chi connectivity index (χ0) is 13.7. The van der Waals surface area contributed by atoms with Crippen LogP contribution in [0.1, 0.15) is 63.9 Å². The van der Waals surface area contributed by atoms with Crippen LogP contribution in [0, 0.1) is 0 Å². The minimum Gasteiger partial charge on any atom is -0.462 e. The summed E-state index contributed by atoms with van der Waals surface area (Å²) < 4.78 is 11.8. The van der Waals surface area contributed by atoms with E-state index in [0.717, 1.165) is 18.6 Å². The molecular formula is C17H26O2. The molecule has 1 saturated carbocycles. The van der Waals surface area contributed by atoms with Crippen LogP contribution in [0.5, 0.6) is 5.75 Å². The topological polar surface area (TPSA) is 18.5 Å². The van der Waals surface area contributed by atoms with Crippen molar-refractivity contribution in [3.05, 3.63) is 29.8 Å². The lowest BCUT2D eigenvalue weighted by Gasteiger charge is -2.36. The molecule has 0 bridgehead atoms. The molecule has 0 radical (unpaired) electrons. The first-order valence-corrected chi connectivity index (χ1v) is 7.53. The van der Waals surface area contributed by atoms with Crippen LogP contribution in [0.15, 0.2) is 24.3 Å². The van der Waals surface area contributed by atoms with Gasteiger partial charge in [-0.25, -0.2) is 0 Å². The third-order valence-corrected chi connectivity index (χ3v) is 4.35. The zero-order valence-electron chi connectivity index (χ0n) is 12.4. The monoisotopic (exact) mass is 262 g/mol.